The van der Waals surface area contributed by atoms with Crippen molar-refractivity contribution in [1.82, 2.24) is 0 Å². The molecule has 0 N–H and O–H groups in total. The van der Waals surface area contributed by atoms with E-state index in [0.717, 1.165) is 8.58 Å². The molecule has 0 unspecified atom stereocenters. The van der Waals surface area contributed by atoms with Gasteiger partial charge in [-0.1, -0.05) is 24.3 Å². The van der Waals surface area contributed by atoms with Crippen LogP contribution in [0.4, 0.5) is 0 Å². The minimum Gasteiger partial charge on any atom is -0.114 e. The van der Waals surface area contributed by atoms with E-state index in [2.05, 4.69) is 24.3 Å². The summed E-state index contributed by atoms with van der Waals surface area (Å²) in [4.78, 5) is 0. The molecule has 1 rings (SSSR count). The highest BCUT2D eigenvalue weighted by molar-refractivity contribution is 7.38. The zero-order valence-electron chi connectivity index (χ0n) is 4.22. The van der Waals surface area contributed by atoms with E-state index in [1.807, 2.05) is 0 Å². The summed E-state index contributed by atoms with van der Waals surface area (Å²) in [6, 6.07) is 0. The molecule has 0 aromatic rings. The van der Waals surface area contributed by atoms with Gasteiger partial charge in [0.25, 0.3) is 0 Å². The van der Waals surface area contributed by atoms with E-state index >= 15 is 0 Å². The molecule has 1 aliphatic rings. The van der Waals surface area contributed by atoms with Crippen LogP contribution in [0.25, 0.3) is 0 Å². The van der Waals surface area contributed by atoms with Gasteiger partial charge in [0.15, 0.2) is 0 Å². The molecule has 1 heterocycles. The Hall–Kier alpha value is -0.0900. The zero-order chi connectivity index (χ0) is 4.95. The molecule has 0 amide bonds. The molecule has 0 aliphatic carbocycles. The topological polar surface area (TPSA) is 0 Å². The van der Waals surface area contributed by atoms with E-state index in [-0.39, 0.29) is 0 Å². The smallest absolute Gasteiger partial charge is 0.0166 e. The molecule has 0 saturated heterocycles. The molecule has 0 radical (unpaired) electrons. The fraction of sp³-hybridized carbons (Fsp3) is 0.333. The third-order valence-electron chi connectivity index (χ3n) is 0.908. The standard InChI is InChI=1S/C6H9P/c1-2-4-6-7-5-3-1/h1-4,7H,5-6H2. The summed E-state index contributed by atoms with van der Waals surface area (Å²) < 4.78 is 0. The molecule has 7 heavy (non-hydrogen) atoms. The Balaban J connectivity index is 2.39. The molecule has 1 heteroatoms. The van der Waals surface area contributed by atoms with Crippen LogP contribution in [-0.4, -0.2) is 12.3 Å². The van der Waals surface area contributed by atoms with Gasteiger partial charge in [-0.25, -0.2) is 0 Å². The van der Waals surface area contributed by atoms with Crippen molar-refractivity contribution in [1.29, 1.82) is 0 Å². The van der Waals surface area contributed by atoms with Gasteiger partial charge >= 0.3 is 0 Å². The molecular formula is C6H9P. The lowest BCUT2D eigenvalue weighted by Gasteiger charge is -1.82. The van der Waals surface area contributed by atoms with Gasteiger partial charge in [0.1, 0.15) is 0 Å². The minimum absolute atomic E-state index is 1.12. The second kappa shape index (κ2) is 2.98. The van der Waals surface area contributed by atoms with Crippen molar-refractivity contribution in [2.24, 2.45) is 0 Å². The monoisotopic (exact) mass is 112 g/mol. The Labute approximate surface area is 46.1 Å². The molecule has 38 valence electrons. The van der Waals surface area contributed by atoms with Gasteiger partial charge in [0, 0.05) is 0 Å². The summed E-state index contributed by atoms with van der Waals surface area (Å²) in [5.41, 5.74) is 0. The Bertz CT molecular complexity index is 80.4. The molecule has 0 atom stereocenters. The highest BCUT2D eigenvalue weighted by atomic mass is 31.1. The van der Waals surface area contributed by atoms with Crippen LogP contribution in [0.2, 0.25) is 0 Å². The first-order valence-corrected chi connectivity index (χ1v) is 3.94. The second-order valence-electron chi connectivity index (χ2n) is 1.51. The quantitative estimate of drug-likeness (QED) is 0.419. The maximum Gasteiger partial charge on any atom is -0.0166 e. The number of allylic oxidation sites excluding steroid dienone is 4. The Morgan fingerprint density at radius 3 is 2.14 bits per heavy atom. The molecule has 0 spiro atoms. The highest BCUT2D eigenvalue weighted by Crippen LogP contribution is 2.11. The number of rotatable bonds is 0. The van der Waals surface area contributed by atoms with Crippen molar-refractivity contribution >= 4 is 8.58 Å². The van der Waals surface area contributed by atoms with Crippen molar-refractivity contribution in [3.63, 3.8) is 0 Å². The van der Waals surface area contributed by atoms with Crippen LogP contribution in [0.15, 0.2) is 24.3 Å². The van der Waals surface area contributed by atoms with Crippen LogP contribution >= 0.6 is 8.58 Å². The van der Waals surface area contributed by atoms with Crippen LogP contribution in [0.3, 0.4) is 0 Å². The van der Waals surface area contributed by atoms with Gasteiger partial charge in [-0.15, -0.1) is 8.58 Å². The van der Waals surface area contributed by atoms with E-state index in [0.29, 0.717) is 0 Å². The highest BCUT2D eigenvalue weighted by Gasteiger charge is 1.80. The lowest BCUT2D eigenvalue weighted by molar-refractivity contribution is 1.74. The van der Waals surface area contributed by atoms with E-state index in [9.17, 15) is 0 Å². The van der Waals surface area contributed by atoms with E-state index in [1.165, 1.54) is 12.3 Å². The summed E-state index contributed by atoms with van der Waals surface area (Å²) in [7, 11) is 1.12. The normalized spacial score (nSPS) is 19.4. The molecule has 0 fully saturated rings. The van der Waals surface area contributed by atoms with E-state index in [4.69, 9.17) is 0 Å². The van der Waals surface area contributed by atoms with Gasteiger partial charge in [-0.2, -0.15) is 0 Å². The lowest BCUT2D eigenvalue weighted by Crippen LogP contribution is -1.63. The van der Waals surface area contributed by atoms with Crippen molar-refractivity contribution < 1.29 is 0 Å². The predicted molar refractivity (Wildman–Crippen MR) is 36.3 cm³/mol. The second-order valence-corrected chi connectivity index (χ2v) is 2.83. The predicted octanol–water partition coefficient (Wildman–Crippen LogP) is 1.79. The lowest BCUT2D eigenvalue weighted by atomic mass is 10.5. The van der Waals surface area contributed by atoms with Gasteiger partial charge in [-0.3, -0.25) is 0 Å². The van der Waals surface area contributed by atoms with Crippen LogP contribution in [-0.2, 0) is 0 Å². The molecule has 0 bridgehead atoms. The average molecular weight is 112 g/mol. The Kier molecular flexibility index (Phi) is 2.15. The maximum absolute atomic E-state index is 2.22. The Morgan fingerprint density at radius 1 is 1.00 bits per heavy atom. The summed E-state index contributed by atoms with van der Waals surface area (Å²) in [5.74, 6) is 0. The zero-order valence-corrected chi connectivity index (χ0v) is 5.22. The molecule has 0 aromatic heterocycles. The molecule has 1 aliphatic heterocycles. The third-order valence-corrected chi connectivity index (χ3v) is 1.96. The minimum atomic E-state index is 1.12. The molecular weight excluding hydrogens is 103 g/mol. The van der Waals surface area contributed by atoms with Crippen LogP contribution in [0.1, 0.15) is 0 Å². The van der Waals surface area contributed by atoms with Crippen molar-refractivity contribution in [2.75, 3.05) is 12.3 Å². The summed E-state index contributed by atoms with van der Waals surface area (Å²) in [6.45, 7) is 0. The molecule has 0 nitrogen and oxygen atoms in total. The van der Waals surface area contributed by atoms with Crippen molar-refractivity contribution in [3.05, 3.63) is 24.3 Å². The first-order valence-electron chi connectivity index (χ1n) is 2.52. The summed E-state index contributed by atoms with van der Waals surface area (Å²) in [6.07, 6.45) is 11.3. The third kappa shape index (κ3) is 1.89. The van der Waals surface area contributed by atoms with Crippen molar-refractivity contribution in [2.45, 2.75) is 0 Å². The first-order chi connectivity index (χ1) is 3.50. The number of hydrogen-bond donors (Lipinski definition) is 0. The largest absolute Gasteiger partial charge is 0.114 e. The fourth-order valence-corrected chi connectivity index (χ4v) is 1.32. The SMILES string of the molecule is C1=CCPCC=C1. The summed E-state index contributed by atoms with van der Waals surface area (Å²) >= 11 is 0. The van der Waals surface area contributed by atoms with E-state index in [1.54, 1.807) is 0 Å². The Morgan fingerprint density at radius 2 is 1.57 bits per heavy atom. The first kappa shape index (κ1) is 5.05. The van der Waals surface area contributed by atoms with Gasteiger partial charge < -0.3 is 0 Å². The average Bonchev–Trinajstić information content (AvgIpc) is 1.90. The van der Waals surface area contributed by atoms with Gasteiger partial charge in [-0.05, 0) is 12.3 Å². The van der Waals surface area contributed by atoms with E-state index < -0.39 is 0 Å². The summed E-state index contributed by atoms with van der Waals surface area (Å²) in [5, 5.41) is 0. The molecule has 0 saturated carbocycles. The fourth-order valence-electron chi connectivity index (χ4n) is 0.543. The van der Waals surface area contributed by atoms with Crippen LogP contribution < -0.4 is 0 Å². The van der Waals surface area contributed by atoms with Crippen LogP contribution in [0.5, 0.6) is 0 Å². The number of hydrogen-bond acceptors (Lipinski definition) is 0. The molecule has 0 aromatic carbocycles. The van der Waals surface area contributed by atoms with Gasteiger partial charge in [0.2, 0.25) is 0 Å². The van der Waals surface area contributed by atoms with Crippen molar-refractivity contribution in [3.8, 4) is 0 Å². The van der Waals surface area contributed by atoms with Gasteiger partial charge in [0.05, 0.1) is 0 Å². The maximum atomic E-state index is 2.22. The van der Waals surface area contributed by atoms with Crippen LogP contribution in [0, 0.1) is 0 Å².